The standard InChI is InChI=1S/C39H43N5O6S/c1-26-5-9-32(10-6-26)51(46,47)44-25-33(29-11-16-40-35(22-29)42-23-27-14-19-48-20-15-27)36-34(12-17-41-37(36)44)49-31-8-7-28-13-18-43(24-30(28)21-31)38(45)50-39(2,3)4/h5-12,16-17,21-22,25,27H,13-15,18-20,23-24H2,1-4H3,(H,40,42). The molecule has 1 N–H and O–H groups in total. The summed E-state index contributed by atoms with van der Waals surface area (Å²) in [5.74, 6) is 2.18. The predicted molar refractivity (Wildman–Crippen MR) is 196 cm³/mol. The third-order valence-electron chi connectivity index (χ3n) is 9.25. The molecule has 12 heteroatoms. The highest BCUT2D eigenvalue weighted by atomic mass is 32.2. The molecule has 2 aliphatic heterocycles. The lowest BCUT2D eigenvalue weighted by molar-refractivity contribution is 0.0223. The van der Waals surface area contributed by atoms with Crippen molar-refractivity contribution in [3.63, 3.8) is 0 Å². The van der Waals surface area contributed by atoms with E-state index >= 15 is 0 Å². The minimum absolute atomic E-state index is 0.155. The Morgan fingerprint density at radius 1 is 0.980 bits per heavy atom. The predicted octanol–water partition coefficient (Wildman–Crippen LogP) is 7.57. The topological polar surface area (TPSA) is 125 Å². The molecule has 0 bridgehead atoms. The molecular formula is C39H43N5O6S. The lowest BCUT2D eigenvalue weighted by Crippen LogP contribution is -2.39. The highest BCUT2D eigenvalue weighted by molar-refractivity contribution is 7.90. The molecule has 11 nitrogen and oxygen atoms in total. The number of anilines is 1. The Labute approximate surface area is 298 Å². The molecule has 1 fully saturated rings. The first-order chi connectivity index (χ1) is 24.4. The van der Waals surface area contributed by atoms with Crippen LogP contribution < -0.4 is 10.1 Å². The smallest absolute Gasteiger partial charge is 0.410 e. The summed E-state index contributed by atoms with van der Waals surface area (Å²) in [4.78, 5) is 23.9. The van der Waals surface area contributed by atoms with Crippen LogP contribution in [0.5, 0.6) is 11.5 Å². The molecule has 5 aromatic rings. The molecule has 1 amide bonds. The second-order valence-electron chi connectivity index (χ2n) is 14.2. The van der Waals surface area contributed by atoms with E-state index in [0.717, 1.165) is 54.9 Å². The highest BCUT2D eigenvalue weighted by Crippen LogP contribution is 2.40. The number of benzene rings is 2. The van der Waals surface area contributed by atoms with E-state index in [1.54, 1.807) is 53.8 Å². The average molecular weight is 710 g/mol. The SMILES string of the molecule is Cc1ccc(S(=O)(=O)n2cc(-c3ccnc(NCC4CCOCC4)c3)c3c(Oc4ccc5c(c4)CN(C(=O)OC(C)(C)C)CC5)ccnc32)cc1. The van der Waals surface area contributed by atoms with Crippen LogP contribution in [0.25, 0.3) is 22.2 Å². The van der Waals surface area contributed by atoms with Gasteiger partial charge in [-0.1, -0.05) is 23.8 Å². The summed E-state index contributed by atoms with van der Waals surface area (Å²) in [6.07, 6.45) is 7.22. The van der Waals surface area contributed by atoms with Crippen molar-refractivity contribution in [3.8, 4) is 22.6 Å². The van der Waals surface area contributed by atoms with Crippen LogP contribution >= 0.6 is 0 Å². The van der Waals surface area contributed by atoms with E-state index in [0.29, 0.717) is 53.7 Å². The van der Waals surface area contributed by atoms with Gasteiger partial charge in [-0.2, -0.15) is 0 Å². The molecule has 1 saturated heterocycles. The Hall–Kier alpha value is -4.94. The average Bonchev–Trinajstić information content (AvgIpc) is 3.52. The molecule has 3 aromatic heterocycles. The van der Waals surface area contributed by atoms with E-state index in [4.69, 9.17) is 14.2 Å². The van der Waals surface area contributed by atoms with E-state index < -0.39 is 15.6 Å². The van der Waals surface area contributed by atoms with Crippen molar-refractivity contribution in [1.29, 1.82) is 0 Å². The number of pyridine rings is 2. The van der Waals surface area contributed by atoms with Gasteiger partial charge in [-0.25, -0.2) is 27.2 Å². The van der Waals surface area contributed by atoms with Gasteiger partial charge in [0.15, 0.2) is 5.65 Å². The lowest BCUT2D eigenvalue weighted by atomic mass is 10.00. The molecular weight excluding hydrogens is 667 g/mol. The fourth-order valence-corrected chi connectivity index (χ4v) is 7.83. The first kappa shape index (κ1) is 34.5. The summed E-state index contributed by atoms with van der Waals surface area (Å²) in [6.45, 7) is 10.7. The summed E-state index contributed by atoms with van der Waals surface area (Å²) in [7, 11) is -4.03. The number of carbonyl (C=O) groups is 1. The van der Waals surface area contributed by atoms with Crippen molar-refractivity contribution in [2.24, 2.45) is 5.92 Å². The van der Waals surface area contributed by atoms with Crippen molar-refractivity contribution >= 4 is 33.0 Å². The summed E-state index contributed by atoms with van der Waals surface area (Å²) in [5.41, 5.74) is 4.10. The second kappa shape index (κ2) is 14.0. The van der Waals surface area contributed by atoms with E-state index in [1.807, 2.05) is 58.0 Å². The Morgan fingerprint density at radius 3 is 2.51 bits per heavy atom. The summed E-state index contributed by atoms with van der Waals surface area (Å²) < 4.78 is 47.3. The minimum atomic E-state index is -4.03. The Morgan fingerprint density at radius 2 is 1.75 bits per heavy atom. The quantitative estimate of drug-likeness (QED) is 0.174. The van der Waals surface area contributed by atoms with Gasteiger partial charge in [0.05, 0.1) is 10.3 Å². The highest BCUT2D eigenvalue weighted by Gasteiger charge is 2.28. The fraction of sp³-hybridized carbons (Fsp3) is 0.359. The molecule has 0 unspecified atom stereocenters. The van der Waals surface area contributed by atoms with Crippen LogP contribution in [0.15, 0.2) is 84.1 Å². The third kappa shape index (κ3) is 7.57. The number of ether oxygens (including phenoxy) is 3. The number of rotatable bonds is 8. The van der Waals surface area contributed by atoms with E-state index in [2.05, 4.69) is 15.3 Å². The van der Waals surface area contributed by atoms with Crippen LogP contribution in [0.2, 0.25) is 0 Å². The van der Waals surface area contributed by atoms with Crippen LogP contribution in [-0.2, 0) is 32.5 Å². The maximum absolute atomic E-state index is 14.2. The zero-order chi connectivity index (χ0) is 35.8. The molecule has 0 radical (unpaired) electrons. The largest absolute Gasteiger partial charge is 0.457 e. The van der Waals surface area contributed by atoms with E-state index in [1.165, 1.54) is 3.97 Å². The summed E-state index contributed by atoms with van der Waals surface area (Å²) in [5, 5.41) is 4.02. The Bertz CT molecular complexity index is 2170. The number of hydrogen-bond acceptors (Lipinski definition) is 9. The summed E-state index contributed by atoms with van der Waals surface area (Å²) in [6, 6.07) is 18.2. The maximum Gasteiger partial charge on any atom is 0.410 e. The van der Waals surface area contributed by atoms with Crippen LogP contribution in [0.3, 0.4) is 0 Å². The number of hydrogen-bond donors (Lipinski definition) is 1. The van der Waals surface area contributed by atoms with E-state index in [-0.39, 0.29) is 16.6 Å². The number of carbonyl (C=O) groups excluding carboxylic acids is 1. The van der Waals surface area contributed by atoms with Crippen LogP contribution in [-0.4, -0.2) is 65.3 Å². The van der Waals surface area contributed by atoms with Gasteiger partial charge in [0.2, 0.25) is 0 Å². The van der Waals surface area contributed by atoms with Gasteiger partial charge in [0.25, 0.3) is 10.0 Å². The first-order valence-electron chi connectivity index (χ1n) is 17.3. The van der Waals surface area contributed by atoms with Gasteiger partial charge in [0.1, 0.15) is 22.9 Å². The van der Waals surface area contributed by atoms with Crippen molar-refractivity contribution in [2.75, 3.05) is 31.6 Å². The van der Waals surface area contributed by atoms with Crippen LogP contribution in [0.4, 0.5) is 10.6 Å². The van der Waals surface area contributed by atoms with Crippen LogP contribution in [0.1, 0.15) is 50.3 Å². The van der Waals surface area contributed by atoms with Gasteiger partial charge in [-0.05, 0) is 112 Å². The number of amides is 1. The molecule has 51 heavy (non-hydrogen) atoms. The van der Waals surface area contributed by atoms with E-state index in [9.17, 15) is 13.2 Å². The first-order valence-corrected chi connectivity index (χ1v) is 18.8. The zero-order valence-electron chi connectivity index (χ0n) is 29.4. The van der Waals surface area contributed by atoms with Gasteiger partial charge >= 0.3 is 6.09 Å². The Kier molecular flexibility index (Phi) is 9.47. The van der Waals surface area contributed by atoms with Crippen molar-refractivity contribution in [3.05, 3.63) is 95.9 Å². The van der Waals surface area contributed by atoms with Crippen LogP contribution in [0, 0.1) is 12.8 Å². The van der Waals surface area contributed by atoms with Crippen molar-refractivity contribution in [2.45, 2.75) is 64.0 Å². The molecule has 7 rings (SSSR count). The fourth-order valence-electron chi connectivity index (χ4n) is 6.51. The van der Waals surface area contributed by atoms with Crippen molar-refractivity contribution < 1.29 is 27.4 Å². The number of aryl methyl sites for hydroxylation is 1. The number of nitrogens with zero attached hydrogens (tertiary/aromatic N) is 4. The molecule has 2 aliphatic rings. The minimum Gasteiger partial charge on any atom is -0.457 e. The molecule has 0 aliphatic carbocycles. The van der Waals surface area contributed by atoms with Crippen molar-refractivity contribution in [1.82, 2.24) is 18.8 Å². The van der Waals surface area contributed by atoms with Gasteiger partial charge in [-0.3, -0.25) is 0 Å². The van der Waals surface area contributed by atoms with Gasteiger partial charge in [0, 0.05) is 57.0 Å². The summed E-state index contributed by atoms with van der Waals surface area (Å²) >= 11 is 0. The number of nitrogens with one attached hydrogen (secondary N) is 1. The molecule has 5 heterocycles. The molecule has 0 saturated carbocycles. The number of aromatic nitrogens is 3. The molecule has 0 spiro atoms. The monoisotopic (exact) mass is 709 g/mol. The normalized spacial score (nSPS) is 15.4. The molecule has 266 valence electrons. The third-order valence-corrected chi connectivity index (χ3v) is 10.9. The maximum atomic E-state index is 14.2. The second-order valence-corrected chi connectivity index (χ2v) is 16.0. The zero-order valence-corrected chi connectivity index (χ0v) is 30.2. The molecule has 0 atom stereocenters. The number of fused-ring (bicyclic) bond motifs is 2. The molecule has 2 aromatic carbocycles. The van der Waals surface area contributed by atoms with Gasteiger partial charge < -0.3 is 24.4 Å². The Balaban J connectivity index is 1.27. The lowest BCUT2D eigenvalue weighted by Gasteiger charge is -2.31. The van der Waals surface area contributed by atoms with Gasteiger partial charge in [-0.15, -0.1) is 0 Å².